The molecular formula is C62H96N4O16. The van der Waals surface area contributed by atoms with Gasteiger partial charge < -0.3 is 48.6 Å². The second kappa shape index (κ2) is 25.3. The van der Waals surface area contributed by atoms with E-state index in [1.54, 1.807) is 80.2 Å². The normalized spacial score (nSPS) is 30.6. The summed E-state index contributed by atoms with van der Waals surface area (Å²) in [6, 6.07) is 0. The molecule has 1 aliphatic heterocycles. The number of aliphatic carboxylic acids is 1. The first-order valence-electron chi connectivity index (χ1n) is 29.9. The van der Waals surface area contributed by atoms with Crippen molar-refractivity contribution in [2.75, 3.05) is 52.4 Å². The number of carboxylic acid groups (broad SMARTS) is 1. The van der Waals surface area contributed by atoms with Crippen LogP contribution in [0.3, 0.4) is 0 Å². The molecule has 1 heterocycles. The molecule has 4 amide bonds. The first-order chi connectivity index (χ1) is 37.9. The van der Waals surface area contributed by atoms with E-state index in [-0.39, 0.29) is 104 Å². The van der Waals surface area contributed by atoms with Crippen LogP contribution in [0.25, 0.3) is 0 Å². The van der Waals surface area contributed by atoms with Gasteiger partial charge in [0, 0.05) is 75.9 Å². The molecule has 0 saturated heterocycles. The zero-order valence-electron chi connectivity index (χ0n) is 51.8. The average molecular weight is 1150 g/mol. The molecule has 10 atom stereocenters. The van der Waals surface area contributed by atoms with Crippen LogP contribution in [0, 0.1) is 51.8 Å². The number of fused-ring (bicyclic) bond motifs is 2. The molecule has 0 aromatic rings. The van der Waals surface area contributed by atoms with Gasteiger partial charge in [-0.25, -0.2) is 24.0 Å². The Bertz CT molecular complexity index is 2500. The molecule has 0 bridgehead atoms. The highest BCUT2D eigenvalue weighted by atomic mass is 16.6. The number of carbonyl (C=O) groups excluding carboxylic acids is 8. The Hall–Kier alpha value is -5.69. The number of allylic oxidation sites excluding steroid dienone is 2. The van der Waals surface area contributed by atoms with Crippen LogP contribution in [0.4, 0.5) is 19.2 Å². The molecule has 0 aromatic carbocycles. The summed E-state index contributed by atoms with van der Waals surface area (Å²) in [6.45, 7) is 26.0. The number of esters is 2. The Balaban J connectivity index is 1.13. The highest BCUT2D eigenvalue weighted by Crippen LogP contribution is 2.84. The van der Waals surface area contributed by atoms with E-state index in [4.69, 9.17) is 28.4 Å². The summed E-state index contributed by atoms with van der Waals surface area (Å²) in [7, 11) is 0. The van der Waals surface area contributed by atoms with Crippen LogP contribution in [0.15, 0.2) is 23.3 Å². The minimum Gasteiger partial charge on any atom is -0.478 e. The van der Waals surface area contributed by atoms with Crippen molar-refractivity contribution in [3.63, 3.8) is 0 Å². The van der Waals surface area contributed by atoms with Gasteiger partial charge in [-0.3, -0.25) is 24.1 Å². The second-order valence-corrected chi connectivity index (χ2v) is 28.0. The lowest BCUT2D eigenvalue weighted by molar-refractivity contribution is -0.149. The lowest BCUT2D eigenvalue weighted by atomic mass is 9.49. The number of cyclic esters (lactones) is 2. The van der Waals surface area contributed by atoms with Crippen LogP contribution in [-0.2, 0) is 52.4 Å². The summed E-state index contributed by atoms with van der Waals surface area (Å²) in [5, 5.41) is 13.7. The van der Waals surface area contributed by atoms with E-state index in [1.165, 1.54) is 25.7 Å². The summed E-state index contributed by atoms with van der Waals surface area (Å²) in [6.07, 6.45) is 7.97. The van der Waals surface area contributed by atoms with Gasteiger partial charge in [-0.1, -0.05) is 26.8 Å². The molecular weight excluding hydrogens is 1060 g/mol. The van der Waals surface area contributed by atoms with Gasteiger partial charge in [0.15, 0.2) is 11.6 Å². The molecule has 82 heavy (non-hydrogen) atoms. The first-order valence-corrected chi connectivity index (χ1v) is 29.9. The number of carboxylic acids is 1. The molecule has 20 heteroatoms. The van der Waals surface area contributed by atoms with Crippen molar-refractivity contribution in [3.8, 4) is 0 Å². The minimum absolute atomic E-state index is 0.00575. The van der Waals surface area contributed by atoms with Crippen LogP contribution in [-0.4, -0.2) is 155 Å². The van der Waals surface area contributed by atoms with E-state index in [1.807, 2.05) is 0 Å². The summed E-state index contributed by atoms with van der Waals surface area (Å²) < 4.78 is 34.5. The van der Waals surface area contributed by atoms with Gasteiger partial charge in [0.2, 0.25) is 0 Å². The van der Waals surface area contributed by atoms with Crippen molar-refractivity contribution in [3.05, 3.63) is 23.3 Å². The third kappa shape index (κ3) is 15.3. The Labute approximate surface area is 485 Å². The fourth-order valence-corrected chi connectivity index (χ4v) is 14.7. The SMILES string of the molecule is CC(=O)OC1CC2C3CCC4[C@H](C)C(=O)C=CC45CC35CCC2(C)C1CCC(=O)/C1=C(\C(=O)O)C(C)(C)OC(=O)N(CCCN(CCCCN(CCCNC(=O)OC(C)(C)C)C(=O)OC(C)(C)C)C(=O)OC(C)(C)C)CC(=O)OCC1C. The number of amides is 4. The molecule has 6 aliphatic rings. The number of carbonyl (C=O) groups is 9. The van der Waals surface area contributed by atoms with Gasteiger partial charge in [-0.15, -0.1) is 0 Å². The highest BCUT2D eigenvalue weighted by molar-refractivity contribution is 6.05. The van der Waals surface area contributed by atoms with Crippen molar-refractivity contribution in [2.24, 2.45) is 51.8 Å². The summed E-state index contributed by atoms with van der Waals surface area (Å²) in [5.41, 5.74) is -4.92. The lowest BCUT2D eigenvalue weighted by Gasteiger charge is -2.55. The van der Waals surface area contributed by atoms with Gasteiger partial charge in [-0.05, 0) is 187 Å². The number of ketones is 2. The molecule has 2 N–H and O–H groups in total. The molecule has 2 spiro atoms. The van der Waals surface area contributed by atoms with Crippen LogP contribution in [0.1, 0.15) is 181 Å². The van der Waals surface area contributed by atoms with E-state index in [9.17, 15) is 48.3 Å². The van der Waals surface area contributed by atoms with E-state index in [0.717, 1.165) is 37.0 Å². The first kappa shape index (κ1) is 65.5. The Morgan fingerprint density at radius 1 is 0.780 bits per heavy atom. The maximum Gasteiger partial charge on any atom is 0.411 e. The van der Waals surface area contributed by atoms with E-state index in [0.29, 0.717) is 43.9 Å². The molecule has 4 fully saturated rings. The van der Waals surface area contributed by atoms with Crippen molar-refractivity contribution in [1.29, 1.82) is 0 Å². The van der Waals surface area contributed by atoms with Gasteiger partial charge in [0.25, 0.3) is 0 Å². The second-order valence-electron chi connectivity index (χ2n) is 28.0. The zero-order chi connectivity index (χ0) is 61.1. The maximum absolute atomic E-state index is 14.9. The fraction of sp³-hybridized carbons (Fsp3) is 0.790. The summed E-state index contributed by atoms with van der Waals surface area (Å²) >= 11 is 0. The molecule has 0 aromatic heterocycles. The highest BCUT2D eigenvalue weighted by Gasteiger charge is 2.79. The topological polar surface area (TPSA) is 251 Å². The number of Topliss-reactive ketones (excluding diaryl/α,β-unsaturated/α-hetero) is 1. The van der Waals surface area contributed by atoms with Gasteiger partial charge in [0.05, 0.1) is 12.2 Å². The minimum atomic E-state index is -1.89. The predicted molar refractivity (Wildman–Crippen MR) is 303 cm³/mol. The molecule has 5 aliphatic carbocycles. The van der Waals surface area contributed by atoms with Crippen LogP contribution in [0.5, 0.6) is 0 Å². The number of alkyl carbamates (subject to hydrolysis) is 1. The van der Waals surface area contributed by atoms with Crippen LogP contribution < -0.4 is 5.32 Å². The number of ether oxygens (including phenoxy) is 6. The van der Waals surface area contributed by atoms with Gasteiger partial charge in [0.1, 0.15) is 35.1 Å². The van der Waals surface area contributed by atoms with Crippen molar-refractivity contribution < 1.29 is 76.7 Å². The molecule has 9 unspecified atom stereocenters. The van der Waals surface area contributed by atoms with Crippen molar-refractivity contribution >= 4 is 53.8 Å². The average Bonchev–Trinajstić information content (AvgIpc) is 1.86. The molecule has 20 nitrogen and oxygen atoms in total. The quantitative estimate of drug-likeness (QED) is 0.0693. The monoisotopic (exact) mass is 1150 g/mol. The fourth-order valence-electron chi connectivity index (χ4n) is 14.7. The number of hydrogen-bond donors (Lipinski definition) is 2. The van der Waals surface area contributed by atoms with E-state index in [2.05, 4.69) is 25.2 Å². The number of rotatable bonds is 19. The van der Waals surface area contributed by atoms with Crippen molar-refractivity contribution in [1.82, 2.24) is 20.0 Å². The largest absolute Gasteiger partial charge is 0.478 e. The Morgan fingerprint density at radius 3 is 1.93 bits per heavy atom. The predicted octanol–water partition coefficient (Wildman–Crippen LogP) is 10.2. The van der Waals surface area contributed by atoms with E-state index >= 15 is 0 Å². The summed E-state index contributed by atoms with van der Waals surface area (Å²) in [5.74, 6) is -3.24. The Morgan fingerprint density at radius 2 is 1.35 bits per heavy atom. The zero-order valence-corrected chi connectivity index (χ0v) is 51.8. The standard InChI is InChI=1S/C62H96N4O16/c1-38-36-77-48(70)35-66(33-19-32-65(54(75)81-58(10,11)12)30-17-16-29-64(53(74)80-57(7,8)9)31-18-28-63-52(73)79-56(4,5)6)55(76)82-59(13,14)50(51(71)72)49(38)46(69)23-22-43-47(78-40(3)67)34-44-42-21-20-41-39(2)45(68)24-25-61(41)37-62(42,61)27-26-60(43,44)15/h24-25,38-39,41-44,47H,16-23,26-37H2,1-15H3,(H,63,73)(H,71,72)/b50-49+/t38?,39-,41?,42?,43?,44?,47?,60?,61?,62?/m0/s1. The number of nitrogens with one attached hydrogen (secondary N) is 1. The maximum atomic E-state index is 14.9. The molecule has 6 rings (SSSR count). The van der Waals surface area contributed by atoms with Crippen molar-refractivity contribution in [2.45, 2.75) is 209 Å². The number of hydrogen-bond acceptors (Lipinski definition) is 15. The summed E-state index contributed by atoms with van der Waals surface area (Å²) in [4.78, 5) is 125. The molecule has 4 saturated carbocycles. The number of unbranched alkanes of at least 4 members (excludes halogenated alkanes) is 1. The number of nitrogens with zero attached hydrogens (tertiary/aromatic N) is 3. The Kier molecular flexibility index (Phi) is 20.2. The van der Waals surface area contributed by atoms with Gasteiger partial charge in [-0.2, -0.15) is 0 Å². The van der Waals surface area contributed by atoms with E-state index < -0.39 is 94.6 Å². The molecule has 460 valence electrons. The third-order valence-electron chi connectivity index (χ3n) is 18.2. The van der Waals surface area contributed by atoms with Crippen LogP contribution in [0.2, 0.25) is 0 Å². The smallest absolute Gasteiger partial charge is 0.411 e. The molecule has 0 radical (unpaired) electrons. The van der Waals surface area contributed by atoms with Gasteiger partial charge >= 0.3 is 42.3 Å². The van der Waals surface area contributed by atoms with Crippen LogP contribution >= 0.6 is 0 Å². The third-order valence-corrected chi connectivity index (χ3v) is 18.2. The lowest BCUT2D eigenvalue weighted by Crippen LogP contribution is -2.49.